The molecule has 2 nitrogen and oxygen atoms in total. The van der Waals surface area contributed by atoms with Gasteiger partial charge in [0.1, 0.15) is 0 Å². The summed E-state index contributed by atoms with van der Waals surface area (Å²) in [5.41, 5.74) is 0. The summed E-state index contributed by atoms with van der Waals surface area (Å²) >= 11 is 0. The topological polar surface area (TPSA) is 29.5 Å². The molecule has 0 aromatic heterocycles. The maximum atomic E-state index is 10.8. The highest BCUT2D eigenvalue weighted by Crippen LogP contribution is 2.24. The Hall–Kier alpha value is -1.12. The molecule has 0 aliphatic heterocycles. The van der Waals surface area contributed by atoms with Crippen molar-refractivity contribution in [2.45, 2.75) is 187 Å². The predicted molar refractivity (Wildman–Crippen MR) is 180 cm³/mol. The van der Waals surface area contributed by atoms with Crippen molar-refractivity contribution in [2.75, 3.05) is 7.11 Å². The molecular weight excluding hydrogens is 488 g/mol. The lowest BCUT2D eigenvalue weighted by Crippen LogP contribution is -2.30. The molecule has 0 aliphatic rings. The molecule has 2 heteroatoms. The Morgan fingerprint density at radius 3 is 1.05 bits per heavy atom. The van der Waals surface area contributed by atoms with Gasteiger partial charge < -0.3 is 9.84 Å². The molecule has 0 aromatic rings. The van der Waals surface area contributed by atoms with Crippen LogP contribution in [0.5, 0.6) is 0 Å². The molecule has 0 rings (SSSR count). The van der Waals surface area contributed by atoms with Crippen LogP contribution in [-0.4, -0.2) is 18.0 Å². The van der Waals surface area contributed by atoms with Gasteiger partial charge in [-0.25, -0.2) is 0 Å². The number of hydrogen-bond acceptors (Lipinski definition) is 2. The molecule has 0 unspecified atom stereocenters. The van der Waals surface area contributed by atoms with E-state index in [1.807, 2.05) is 0 Å². The Bertz CT molecular complexity index is 553. The molecule has 0 saturated heterocycles. The van der Waals surface area contributed by atoms with Gasteiger partial charge in [-0.3, -0.25) is 0 Å². The lowest BCUT2D eigenvalue weighted by molar-refractivity contribution is -0.195. The normalized spacial score (nSPS) is 12.8. The van der Waals surface area contributed by atoms with E-state index in [2.05, 4.69) is 62.5 Å². The second kappa shape index (κ2) is 32.4. The zero-order valence-corrected chi connectivity index (χ0v) is 27.4. The Morgan fingerprint density at radius 2 is 0.725 bits per heavy atom. The first kappa shape index (κ1) is 38.9. The van der Waals surface area contributed by atoms with Crippen molar-refractivity contribution in [1.82, 2.24) is 0 Å². The SMILES string of the molecule is CCCCC/C=C\C/C=C\CCCCCCCCC(O)(CCCCCCCC/C=C\C/C=C\CCCCC)OC. The smallest absolute Gasteiger partial charge is 0.165 e. The highest BCUT2D eigenvalue weighted by atomic mass is 16.6. The molecular formula is C38H70O2. The molecule has 0 spiro atoms. The zero-order valence-electron chi connectivity index (χ0n) is 27.4. The number of methoxy groups -OCH3 is 1. The molecule has 234 valence electrons. The third kappa shape index (κ3) is 29.9. The number of hydrogen-bond donors (Lipinski definition) is 1. The molecule has 40 heavy (non-hydrogen) atoms. The highest BCUT2D eigenvalue weighted by Gasteiger charge is 2.24. The predicted octanol–water partition coefficient (Wildman–Crippen LogP) is 12.7. The molecule has 0 bridgehead atoms. The summed E-state index contributed by atoms with van der Waals surface area (Å²) in [6, 6.07) is 0. The first-order chi connectivity index (χ1) is 19.7. The molecule has 0 saturated carbocycles. The number of aliphatic hydroxyl groups is 1. The molecule has 0 aromatic carbocycles. The summed E-state index contributed by atoms with van der Waals surface area (Å²) in [5, 5.41) is 10.8. The molecule has 0 fully saturated rings. The van der Waals surface area contributed by atoms with E-state index in [4.69, 9.17) is 4.74 Å². The van der Waals surface area contributed by atoms with Crippen LogP contribution < -0.4 is 0 Å². The second-order valence-corrected chi connectivity index (χ2v) is 11.8. The van der Waals surface area contributed by atoms with E-state index in [1.54, 1.807) is 7.11 Å². The van der Waals surface area contributed by atoms with Gasteiger partial charge in [0.15, 0.2) is 5.79 Å². The minimum absolute atomic E-state index is 0.776. The number of rotatable bonds is 31. The minimum Gasteiger partial charge on any atom is -0.365 e. The fourth-order valence-corrected chi connectivity index (χ4v) is 5.11. The lowest BCUT2D eigenvalue weighted by atomic mass is 9.99. The standard InChI is InChI=1S/C38H70O2/c1-4-6-8-10-12-14-16-18-20-22-24-26-28-30-32-34-36-38(39,40-3)37-35-33-31-29-27-25-23-21-19-17-15-13-11-9-7-5-2/h12-15,18-21,39H,4-11,16-17,22-37H2,1-3H3/b14-12-,15-13-,20-18-,21-19-. The first-order valence-electron chi connectivity index (χ1n) is 17.6. The van der Waals surface area contributed by atoms with E-state index in [9.17, 15) is 5.11 Å². The van der Waals surface area contributed by atoms with E-state index in [1.165, 1.54) is 128 Å². The number of ether oxygens (including phenoxy) is 1. The first-order valence-corrected chi connectivity index (χ1v) is 17.6. The Kier molecular flexibility index (Phi) is 31.5. The largest absolute Gasteiger partial charge is 0.365 e. The maximum absolute atomic E-state index is 10.8. The quantitative estimate of drug-likeness (QED) is 0.0521. The number of unbranched alkanes of at least 4 members (excludes halogenated alkanes) is 18. The molecule has 0 amide bonds. The third-order valence-corrected chi connectivity index (χ3v) is 7.92. The van der Waals surface area contributed by atoms with Gasteiger partial charge in [-0.05, 0) is 77.0 Å². The highest BCUT2D eigenvalue weighted by molar-refractivity contribution is 4.93. The average Bonchev–Trinajstić information content (AvgIpc) is 2.96. The van der Waals surface area contributed by atoms with Crippen LogP contribution in [0.4, 0.5) is 0 Å². The van der Waals surface area contributed by atoms with Gasteiger partial charge in [-0.15, -0.1) is 0 Å². The van der Waals surface area contributed by atoms with Crippen molar-refractivity contribution in [3.63, 3.8) is 0 Å². The fraction of sp³-hybridized carbons (Fsp3) is 0.789. The van der Waals surface area contributed by atoms with Crippen molar-refractivity contribution in [3.05, 3.63) is 48.6 Å². The van der Waals surface area contributed by atoms with E-state index >= 15 is 0 Å². The van der Waals surface area contributed by atoms with Crippen LogP contribution in [0.2, 0.25) is 0 Å². The Balaban J connectivity index is 3.55. The van der Waals surface area contributed by atoms with Crippen molar-refractivity contribution >= 4 is 0 Å². The van der Waals surface area contributed by atoms with Crippen LogP contribution in [0.25, 0.3) is 0 Å². The summed E-state index contributed by atoms with van der Waals surface area (Å²) in [6.07, 6.45) is 50.2. The Morgan fingerprint density at radius 1 is 0.425 bits per heavy atom. The van der Waals surface area contributed by atoms with Crippen molar-refractivity contribution in [1.29, 1.82) is 0 Å². The van der Waals surface area contributed by atoms with Crippen LogP contribution >= 0.6 is 0 Å². The maximum Gasteiger partial charge on any atom is 0.165 e. The van der Waals surface area contributed by atoms with Crippen LogP contribution in [0.15, 0.2) is 48.6 Å². The summed E-state index contributed by atoms with van der Waals surface area (Å²) in [6.45, 7) is 4.52. The van der Waals surface area contributed by atoms with Gasteiger partial charge in [0.2, 0.25) is 0 Å². The monoisotopic (exact) mass is 559 g/mol. The van der Waals surface area contributed by atoms with Crippen LogP contribution in [-0.2, 0) is 4.74 Å². The summed E-state index contributed by atoms with van der Waals surface area (Å²) < 4.78 is 5.52. The van der Waals surface area contributed by atoms with Crippen LogP contribution in [0.3, 0.4) is 0 Å². The van der Waals surface area contributed by atoms with E-state index < -0.39 is 5.79 Å². The van der Waals surface area contributed by atoms with E-state index in [-0.39, 0.29) is 0 Å². The van der Waals surface area contributed by atoms with E-state index in [0.717, 1.165) is 38.5 Å². The van der Waals surface area contributed by atoms with Gasteiger partial charge in [0.25, 0.3) is 0 Å². The van der Waals surface area contributed by atoms with Gasteiger partial charge in [0.05, 0.1) is 0 Å². The molecule has 0 atom stereocenters. The van der Waals surface area contributed by atoms with Gasteiger partial charge in [-0.2, -0.15) is 0 Å². The Labute approximate surface area is 251 Å². The fourth-order valence-electron chi connectivity index (χ4n) is 5.11. The van der Waals surface area contributed by atoms with Crippen molar-refractivity contribution < 1.29 is 9.84 Å². The van der Waals surface area contributed by atoms with Crippen molar-refractivity contribution in [3.8, 4) is 0 Å². The van der Waals surface area contributed by atoms with Crippen molar-refractivity contribution in [2.24, 2.45) is 0 Å². The molecule has 0 radical (unpaired) electrons. The van der Waals surface area contributed by atoms with Crippen LogP contribution in [0.1, 0.15) is 181 Å². The summed E-state index contributed by atoms with van der Waals surface area (Å²) in [4.78, 5) is 0. The molecule has 0 heterocycles. The summed E-state index contributed by atoms with van der Waals surface area (Å²) in [7, 11) is 1.67. The minimum atomic E-state index is -0.912. The van der Waals surface area contributed by atoms with Gasteiger partial charge in [0, 0.05) is 20.0 Å². The second-order valence-electron chi connectivity index (χ2n) is 11.8. The zero-order chi connectivity index (χ0) is 29.2. The van der Waals surface area contributed by atoms with Gasteiger partial charge >= 0.3 is 0 Å². The molecule has 0 aliphatic carbocycles. The number of allylic oxidation sites excluding steroid dienone is 8. The van der Waals surface area contributed by atoms with Crippen LogP contribution in [0, 0.1) is 0 Å². The average molecular weight is 559 g/mol. The van der Waals surface area contributed by atoms with E-state index in [0.29, 0.717) is 0 Å². The molecule has 1 N–H and O–H groups in total. The lowest BCUT2D eigenvalue weighted by Gasteiger charge is -2.26. The third-order valence-electron chi connectivity index (χ3n) is 7.92. The summed E-state index contributed by atoms with van der Waals surface area (Å²) in [5.74, 6) is -0.912. The van der Waals surface area contributed by atoms with Gasteiger partial charge in [-0.1, -0.05) is 140 Å².